The predicted molar refractivity (Wildman–Crippen MR) is 136 cm³/mol. The molecule has 0 amide bonds. The molecule has 37 heavy (non-hydrogen) atoms. The van der Waals surface area contributed by atoms with Crippen LogP contribution < -0.4 is 20.9 Å². The van der Waals surface area contributed by atoms with Crippen LogP contribution in [0.15, 0.2) is 36.4 Å². The van der Waals surface area contributed by atoms with Crippen LogP contribution in [0.3, 0.4) is 0 Å². The van der Waals surface area contributed by atoms with Gasteiger partial charge in [-0.2, -0.15) is 13.2 Å². The van der Waals surface area contributed by atoms with E-state index in [-0.39, 0.29) is 30.8 Å². The molecule has 0 bridgehead atoms. The Morgan fingerprint density at radius 2 is 1.89 bits per heavy atom. The molecule has 0 spiro atoms. The van der Waals surface area contributed by atoms with Crippen molar-refractivity contribution >= 4 is 28.5 Å². The van der Waals surface area contributed by atoms with Gasteiger partial charge in [0.2, 0.25) is 0 Å². The molecule has 2 aromatic carbocycles. The SMILES string of the molecule is CC(C)Oc1ccc(COc2ccc3c(c2)c(Cl)c2n3CC[C@@H]2CC(=O)O)cc1C(F)(F)F.NCCN. The van der Waals surface area contributed by atoms with Crippen molar-refractivity contribution in [3.05, 3.63) is 58.2 Å². The Labute approximate surface area is 218 Å². The maximum absolute atomic E-state index is 13.5. The first kappa shape index (κ1) is 28.6. The van der Waals surface area contributed by atoms with Crippen molar-refractivity contribution in [2.75, 3.05) is 13.1 Å². The molecule has 202 valence electrons. The van der Waals surface area contributed by atoms with Crippen LogP contribution in [0.1, 0.15) is 49.4 Å². The lowest BCUT2D eigenvalue weighted by Crippen LogP contribution is -2.13. The number of nitrogens with zero attached hydrogens (tertiary/aromatic N) is 1. The fourth-order valence-corrected chi connectivity index (χ4v) is 4.69. The van der Waals surface area contributed by atoms with Gasteiger partial charge in [0, 0.05) is 36.6 Å². The van der Waals surface area contributed by atoms with Gasteiger partial charge in [0.25, 0.3) is 0 Å². The lowest BCUT2D eigenvalue weighted by atomic mass is 10.0. The summed E-state index contributed by atoms with van der Waals surface area (Å²) in [7, 11) is 0. The quantitative estimate of drug-likeness (QED) is 0.345. The van der Waals surface area contributed by atoms with Crippen LogP contribution in [0, 0.1) is 0 Å². The highest BCUT2D eigenvalue weighted by Gasteiger charge is 2.35. The van der Waals surface area contributed by atoms with Crippen LogP contribution >= 0.6 is 11.6 Å². The second-order valence-corrected chi connectivity index (χ2v) is 9.35. The van der Waals surface area contributed by atoms with Gasteiger partial charge >= 0.3 is 12.1 Å². The maximum atomic E-state index is 13.5. The van der Waals surface area contributed by atoms with E-state index in [2.05, 4.69) is 0 Å². The van der Waals surface area contributed by atoms with Crippen molar-refractivity contribution in [2.24, 2.45) is 11.5 Å². The predicted octanol–water partition coefficient (Wildman–Crippen LogP) is 5.55. The molecule has 7 nitrogen and oxygen atoms in total. The van der Waals surface area contributed by atoms with Crippen molar-refractivity contribution in [1.82, 2.24) is 4.57 Å². The van der Waals surface area contributed by atoms with Gasteiger partial charge in [-0.05, 0) is 56.2 Å². The standard InChI is InChI=1S/C24H23ClF3NO4.C2H8N2/c1-13(2)33-20-6-3-14(9-18(20)24(26,27)28)12-32-16-4-5-19-17(11-16)22(25)23-15(10-21(30)31)7-8-29(19)23;3-1-2-4/h3-6,9,11,13,15H,7-8,10,12H2,1-2H3,(H,30,31);1-4H2/t15-;/m1./s1. The van der Waals surface area contributed by atoms with Crippen LogP contribution in [-0.4, -0.2) is 34.8 Å². The largest absolute Gasteiger partial charge is 0.490 e. The van der Waals surface area contributed by atoms with Crippen LogP contribution in [-0.2, 0) is 24.1 Å². The Hall–Kier alpha value is -2.95. The highest BCUT2D eigenvalue weighted by molar-refractivity contribution is 6.36. The van der Waals surface area contributed by atoms with Crippen molar-refractivity contribution in [3.8, 4) is 11.5 Å². The number of carboxylic acids is 1. The summed E-state index contributed by atoms with van der Waals surface area (Å²) in [6.07, 6.45) is -4.21. The fraction of sp³-hybridized carbons (Fsp3) is 0.423. The molecule has 0 radical (unpaired) electrons. The molecule has 11 heteroatoms. The summed E-state index contributed by atoms with van der Waals surface area (Å²) in [4.78, 5) is 11.2. The normalized spacial score (nSPS) is 14.9. The zero-order chi connectivity index (χ0) is 27.3. The summed E-state index contributed by atoms with van der Waals surface area (Å²) in [6, 6.07) is 9.19. The number of ether oxygens (including phenoxy) is 2. The molecule has 5 N–H and O–H groups in total. The van der Waals surface area contributed by atoms with Crippen LogP contribution in [0.4, 0.5) is 13.2 Å². The maximum Gasteiger partial charge on any atom is 0.419 e. The first-order valence-electron chi connectivity index (χ1n) is 11.9. The van der Waals surface area contributed by atoms with Gasteiger partial charge in [0.1, 0.15) is 18.1 Å². The van der Waals surface area contributed by atoms with E-state index in [1.54, 1.807) is 32.0 Å². The third kappa shape index (κ3) is 6.88. The minimum Gasteiger partial charge on any atom is -0.490 e. The molecule has 0 aliphatic carbocycles. The molecule has 0 saturated carbocycles. The topological polar surface area (TPSA) is 113 Å². The molecule has 2 heterocycles. The van der Waals surface area contributed by atoms with E-state index in [9.17, 15) is 18.0 Å². The van der Waals surface area contributed by atoms with Gasteiger partial charge < -0.3 is 30.6 Å². The van der Waals surface area contributed by atoms with E-state index in [1.165, 1.54) is 6.07 Å². The third-order valence-electron chi connectivity index (χ3n) is 5.80. The van der Waals surface area contributed by atoms with Crippen molar-refractivity contribution < 1.29 is 32.5 Å². The Bertz CT molecular complexity index is 1240. The Morgan fingerprint density at radius 1 is 1.19 bits per heavy atom. The summed E-state index contributed by atoms with van der Waals surface area (Å²) < 4.78 is 53.5. The van der Waals surface area contributed by atoms with Crippen molar-refractivity contribution in [1.29, 1.82) is 0 Å². The number of benzene rings is 2. The Balaban J connectivity index is 0.000000886. The minimum absolute atomic E-state index is 0.0114. The molecule has 1 aromatic heterocycles. The smallest absolute Gasteiger partial charge is 0.419 e. The van der Waals surface area contributed by atoms with Gasteiger partial charge in [0.15, 0.2) is 0 Å². The molecule has 3 aromatic rings. The van der Waals surface area contributed by atoms with Gasteiger partial charge in [0.05, 0.1) is 28.6 Å². The van der Waals surface area contributed by atoms with E-state index in [0.717, 1.165) is 22.7 Å². The minimum atomic E-state index is -4.55. The lowest BCUT2D eigenvalue weighted by Gasteiger charge is -2.17. The molecule has 0 fully saturated rings. The van der Waals surface area contributed by atoms with Crippen LogP contribution in [0.5, 0.6) is 11.5 Å². The monoisotopic (exact) mass is 541 g/mol. The number of aliphatic carboxylic acids is 1. The number of carbonyl (C=O) groups is 1. The molecule has 0 unspecified atom stereocenters. The number of nitrogens with two attached hydrogens (primary N) is 2. The number of aryl methyl sites for hydroxylation is 1. The first-order chi connectivity index (χ1) is 17.5. The zero-order valence-corrected chi connectivity index (χ0v) is 21.4. The summed E-state index contributed by atoms with van der Waals surface area (Å²) in [6.45, 7) is 5.14. The van der Waals surface area contributed by atoms with E-state index in [1.807, 2.05) is 10.6 Å². The number of hydrogen-bond donors (Lipinski definition) is 3. The summed E-state index contributed by atoms with van der Waals surface area (Å²) in [5.41, 5.74) is 11.0. The molecule has 1 aliphatic rings. The van der Waals surface area contributed by atoms with E-state index < -0.39 is 17.7 Å². The van der Waals surface area contributed by atoms with Gasteiger partial charge in [-0.25, -0.2) is 0 Å². The Kier molecular flexibility index (Phi) is 9.33. The van der Waals surface area contributed by atoms with Crippen molar-refractivity contribution in [2.45, 2.75) is 58.0 Å². The second kappa shape index (κ2) is 12.1. The van der Waals surface area contributed by atoms with Crippen LogP contribution in [0.25, 0.3) is 10.9 Å². The van der Waals surface area contributed by atoms with E-state index in [4.69, 9.17) is 37.6 Å². The number of alkyl halides is 3. The number of halogens is 4. The summed E-state index contributed by atoms with van der Waals surface area (Å²) >= 11 is 6.59. The number of rotatable bonds is 8. The molecular weight excluding hydrogens is 511 g/mol. The molecule has 1 aliphatic heterocycles. The van der Waals surface area contributed by atoms with Crippen molar-refractivity contribution in [3.63, 3.8) is 0 Å². The molecule has 0 saturated heterocycles. The van der Waals surface area contributed by atoms with Gasteiger partial charge in [-0.15, -0.1) is 0 Å². The number of aromatic nitrogens is 1. The van der Waals surface area contributed by atoms with Crippen LogP contribution in [0.2, 0.25) is 5.02 Å². The molecule has 1 atom stereocenters. The number of hydrogen-bond acceptors (Lipinski definition) is 5. The highest BCUT2D eigenvalue weighted by Crippen LogP contribution is 2.44. The molecule has 4 rings (SSSR count). The number of carboxylic acid groups (broad SMARTS) is 1. The summed E-state index contributed by atoms with van der Waals surface area (Å²) in [5.74, 6) is -0.783. The average Bonchev–Trinajstić information content (AvgIpc) is 3.36. The first-order valence-corrected chi connectivity index (χ1v) is 12.3. The highest BCUT2D eigenvalue weighted by atomic mass is 35.5. The Morgan fingerprint density at radius 3 is 2.49 bits per heavy atom. The average molecular weight is 542 g/mol. The zero-order valence-electron chi connectivity index (χ0n) is 20.6. The van der Waals surface area contributed by atoms with E-state index >= 15 is 0 Å². The molecular formula is C26H31ClF3N3O4. The lowest BCUT2D eigenvalue weighted by molar-refractivity contribution is -0.139. The van der Waals surface area contributed by atoms with Gasteiger partial charge in [-0.1, -0.05) is 17.7 Å². The van der Waals surface area contributed by atoms with E-state index in [0.29, 0.717) is 42.4 Å². The van der Waals surface area contributed by atoms with Gasteiger partial charge in [-0.3, -0.25) is 4.79 Å². The third-order valence-corrected chi connectivity index (χ3v) is 6.20. The fourth-order valence-electron chi connectivity index (χ4n) is 4.29. The second-order valence-electron chi connectivity index (χ2n) is 8.97. The summed E-state index contributed by atoms with van der Waals surface area (Å²) in [5, 5.41) is 10.4. The number of fused-ring (bicyclic) bond motifs is 3.